The molecule has 0 aromatic carbocycles. The molecule has 12 N–H and O–H groups in total. The standard InChI is InChI=1S/C21H36N7O16P3S.C4H6O4/c1-21(2,16(31)19(32)24-4-3-12(29)23-5-6-48)8-41-47(38,39)44-46(36,37)40-7-11-15(43-45(33,34)35)14(30)20(42-11)28-10-27-13-17(22)25-9-26-18(13)28;1-2(3(5)6)4(7)8/h9-11,14-16,20,30-31,48H,3-8H2,1-2H3,(H,23,29)(H,24,32)(H,36,37)(H,38,39)(H2,22,25,26)(H2,33,34,35);2H,1H3,(H,5,6)(H,7,8)/t11-,14-,15-,16+,20-;/m1./s1. The summed E-state index contributed by atoms with van der Waals surface area (Å²) in [6.07, 6.45) is -6.74. The zero-order chi connectivity index (χ0) is 42.8. The number of fused-ring (bicyclic) bond motifs is 1. The Morgan fingerprint density at radius 2 is 1.62 bits per heavy atom. The van der Waals surface area contributed by atoms with E-state index in [4.69, 9.17) is 29.7 Å². The molecule has 1 fully saturated rings. The van der Waals surface area contributed by atoms with Gasteiger partial charge in [-0.3, -0.25) is 37.3 Å². The number of nitrogen functional groups attached to an aromatic ring is 1. The Bertz CT molecular complexity index is 1830. The predicted molar refractivity (Wildman–Crippen MR) is 188 cm³/mol. The quantitative estimate of drug-likeness (QED) is 0.0393. The smallest absolute Gasteiger partial charge is 0.481 e. The van der Waals surface area contributed by atoms with E-state index in [2.05, 4.69) is 47.0 Å². The highest BCUT2D eigenvalue weighted by atomic mass is 32.1. The normalized spacial score (nSPS) is 21.3. The van der Waals surface area contributed by atoms with Gasteiger partial charge in [0, 0.05) is 30.7 Å². The van der Waals surface area contributed by atoms with Crippen molar-refractivity contribution in [2.45, 2.75) is 57.8 Å². The zero-order valence-electron chi connectivity index (χ0n) is 29.5. The van der Waals surface area contributed by atoms with E-state index in [-0.39, 0.29) is 35.9 Å². The lowest BCUT2D eigenvalue weighted by atomic mass is 9.87. The fourth-order valence-electron chi connectivity index (χ4n) is 4.24. The summed E-state index contributed by atoms with van der Waals surface area (Å²) in [5.74, 6) is -4.86. The highest BCUT2D eigenvalue weighted by molar-refractivity contribution is 7.80. The molecular weight excluding hydrogens is 843 g/mol. The van der Waals surface area contributed by atoms with E-state index in [0.29, 0.717) is 12.3 Å². The summed E-state index contributed by atoms with van der Waals surface area (Å²) in [6.45, 7) is 1.84. The lowest BCUT2D eigenvalue weighted by Gasteiger charge is -2.30. The van der Waals surface area contributed by atoms with Crippen molar-refractivity contribution in [2.75, 3.05) is 37.8 Å². The molecule has 1 aliphatic rings. The van der Waals surface area contributed by atoms with Crippen LogP contribution < -0.4 is 16.4 Å². The molecule has 3 rings (SSSR count). The van der Waals surface area contributed by atoms with Crippen molar-refractivity contribution < 1.29 is 95.5 Å². The number of aliphatic hydroxyl groups excluding tert-OH is 2. The van der Waals surface area contributed by atoms with Crippen molar-refractivity contribution in [3.05, 3.63) is 12.7 Å². The molecule has 3 heterocycles. The number of carbonyl (C=O) groups excluding carboxylic acids is 2. The number of phosphoric ester groups is 3. The van der Waals surface area contributed by atoms with Crippen LogP contribution in [0.5, 0.6) is 0 Å². The number of hydrogen-bond acceptors (Lipinski definition) is 19. The first-order valence-electron chi connectivity index (χ1n) is 15.7. The highest BCUT2D eigenvalue weighted by Gasteiger charge is 2.50. The van der Waals surface area contributed by atoms with Gasteiger partial charge in [0.1, 0.15) is 36.3 Å². The minimum atomic E-state index is -5.54. The second kappa shape index (κ2) is 20.5. The number of amides is 2. The largest absolute Gasteiger partial charge is 0.481 e. The summed E-state index contributed by atoms with van der Waals surface area (Å²) in [4.78, 5) is 94.1. The number of aliphatic carboxylic acids is 2. The molecule has 2 amide bonds. The van der Waals surface area contributed by atoms with Crippen LogP contribution in [-0.2, 0) is 55.5 Å². The summed E-state index contributed by atoms with van der Waals surface area (Å²) in [7, 11) is -16.3. The third-order valence-corrected chi connectivity index (χ3v) is 10.6. The second-order valence-electron chi connectivity index (χ2n) is 12.2. The molecule has 318 valence electrons. The monoisotopic (exact) mass is 885 g/mol. The van der Waals surface area contributed by atoms with Crippen LogP contribution in [0.25, 0.3) is 11.2 Å². The number of ether oxygens (including phenoxy) is 1. The Morgan fingerprint density at radius 3 is 2.18 bits per heavy atom. The van der Waals surface area contributed by atoms with E-state index >= 15 is 0 Å². The third-order valence-electron chi connectivity index (χ3n) is 7.25. The molecule has 0 saturated carbocycles. The first kappa shape index (κ1) is 49.0. The molecular formula is C25H42N7O20P3S. The minimum absolute atomic E-state index is 0.0363. The molecule has 1 aliphatic heterocycles. The average molecular weight is 886 g/mol. The molecule has 27 nitrogen and oxygen atoms in total. The van der Waals surface area contributed by atoms with Gasteiger partial charge in [0.15, 0.2) is 23.6 Å². The Kier molecular flexibility index (Phi) is 17.9. The van der Waals surface area contributed by atoms with Crippen LogP contribution in [0.15, 0.2) is 12.7 Å². The van der Waals surface area contributed by atoms with Gasteiger partial charge in [-0.15, -0.1) is 0 Å². The van der Waals surface area contributed by atoms with Crippen LogP contribution >= 0.6 is 36.1 Å². The SMILES string of the molecule is CC(C(=O)O)C(=O)O.CC(C)(COP(=O)(O)OP(=O)(O)OC[C@H]1O[C@@H](n2cnc3c(N)ncnc32)[C@H](O)[C@@H]1OP(=O)(O)O)[C@@H](O)C(=O)NCCC(=O)NCCS. The van der Waals surface area contributed by atoms with Gasteiger partial charge in [0.2, 0.25) is 11.8 Å². The number of hydrogen-bond donors (Lipinski definition) is 12. The van der Waals surface area contributed by atoms with Gasteiger partial charge >= 0.3 is 35.4 Å². The van der Waals surface area contributed by atoms with Gasteiger partial charge in [-0.25, -0.2) is 28.6 Å². The van der Waals surface area contributed by atoms with Crippen molar-refractivity contribution in [2.24, 2.45) is 11.3 Å². The molecule has 31 heteroatoms. The van der Waals surface area contributed by atoms with Crippen LogP contribution in [0.3, 0.4) is 0 Å². The molecule has 56 heavy (non-hydrogen) atoms. The highest BCUT2D eigenvalue weighted by Crippen LogP contribution is 2.61. The van der Waals surface area contributed by atoms with Crippen LogP contribution in [0.2, 0.25) is 0 Å². The number of nitrogens with zero attached hydrogens (tertiary/aromatic N) is 4. The summed E-state index contributed by atoms with van der Waals surface area (Å²) in [5, 5.41) is 42.0. The molecule has 7 atom stereocenters. The molecule has 0 spiro atoms. The van der Waals surface area contributed by atoms with Crippen molar-refractivity contribution in [3.8, 4) is 0 Å². The molecule has 2 unspecified atom stereocenters. The van der Waals surface area contributed by atoms with Crippen molar-refractivity contribution in [3.63, 3.8) is 0 Å². The van der Waals surface area contributed by atoms with Gasteiger partial charge in [-0.1, -0.05) is 13.8 Å². The summed E-state index contributed by atoms with van der Waals surface area (Å²) in [5.41, 5.74) is 4.30. The maximum Gasteiger partial charge on any atom is 0.481 e. The molecule has 2 aromatic heterocycles. The van der Waals surface area contributed by atoms with Gasteiger partial charge in [0.25, 0.3) is 0 Å². The first-order chi connectivity index (χ1) is 25.7. The number of thiol groups is 1. The number of rotatable bonds is 20. The minimum Gasteiger partial charge on any atom is -0.481 e. The number of carboxylic acids is 2. The number of phosphoric acid groups is 3. The van der Waals surface area contributed by atoms with Gasteiger partial charge in [-0.2, -0.15) is 16.9 Å². The lowest BCUT2D eigenvalue weighted by Crippen LogP contribution is -2.46. The van der Waals surface area contributed by atoms with Gasteiger partial charge in [-0.05, 0) is 6.92 Å². The number of anilines is 1. The number of imidazole rings is 1. The van der Waals surface area contributed by atoms with E-state index in [9.17, 15) is 62.7 Å². The number of nitrogens with two attached hydrogens (primary N) is 1. The fraction of sp³-hybridized carbons (Fsp3) is 0.640. The van der Waals surface area contributed by atoms with Crippen LogP contribution in [0.4, 0.5) is 5.82 Å². The van der Waals surface area contributed by atoms with E-state index in [1.807, 2.05) is 0 Å². The topological polar surface area (TPSA) is 421 Å². The van der Waals surface area contributed by atoms with E-state index < -0.39 is 96.5 Å². The molecule has 0 bridgehead atoms. The Balaban J connectivity index is 0.00000122. The van der Waals surface area contributed by atoms with Crippen molar-refractivity contribution in [1.82, 2.24) is 30.2 Å². The van der Waals surface area contributed by atoms with Gasteiger partial charge in [0.05, 0.1) is 19.5 Å². The van der Waals surface area contributed by atoms with Crippen LogP contribution in [0.1, 0.15) is 33.4 Å². The van der Waals surface area contributed by atoms with E-state index in [0.717, 1.165) is 24.1 Å². The van der Waals surface area contributed by atoms with Crippen molar-refractivity contribution in [1.29, 1.82) is 0 Å². The Morgan fingerprint density at radius 1 is 1.02 bits per heavy atom. The zero-order valence-corrected chi connectivity index (χ0v) is 33.1. The number of aromatic nitrogens is 4. The summed E-state index contributed by atoms with van der Waals surface area (Å²) < 4.78 is 61.7. The van der Waals surface area contributed by atoms with Crippen LogP contribution in [0, 0.1) is 11.3 Å². The average Bonchev–Trinajstić information content (AvgIpc) is 3.65. The number of aliphatic hydroxyl groups is 2. The molecule has 1 saturated heterocycles. The molecule has 0 radical (unpaired) electrons. The summed E-state index contributed by atoms with van der Waals surface area (Å²) >= 11 is 3.95. The predicted octanol–water partition coefficient (Wildman–Crippen LogP) is -1.87. The maximum absolute atomic E-state index is 12.6. The van der Waals surface area contributed by atoms with E-state index in [1.54, 1.807) is 0 Å². The number of carbonyl (C=O) groups is 4. The maximum atomic E-state index is 12.6. The first-order valence-corrected chi connectivity index (χ1v) is 20.8. The van der Waals surface area contributed by atoms with E-state index in [1.165, 1.54) is 13.8 Å². The third kappa shape index (κ3) is 15.0. The van der Waals surface area contributed by atoms with Crippen molar-refractivity contribution >= 4 is 76.8 Å². The van der Waals surface area contributed by atoms with Gasteiger partial charge < -0.3 is 61.1 Å². The van der Waals surface area contributed by atoms with Crippen LogP contribution in [-0.4, -0.2) is 140 Å². The molecule has 2 aromatic rings. The Hall–Kier alpha value is -3.17. The molecule has 0 aliphatic carbocycles. The summed E-state index contributed by atoms with van der Waals surface area (Å²) in [6, 6.07) is 0. The second-order valence-corrected chi connectivity index (χ2v) is 16.9. The Labute approximate surface area is 321 Å². The fourth-order valence-corrected chi connectivity index (χ4v) is 7.18. The lowest BCUT2D eigenvalue weighted by molar-refractivity contribution is -0.153. The number of nitrogens with one attached hydrogen (secondary N) is 2. The number of carboxylic acid groups (broad SMARTS) is 2.